The van der Waals surface area contributed by atoms with Crippen LogP contribution in [0, 0.1) is 0 Å². The van der Waals surface area contributed by atoms with E-state index in [2.05, 4.69) is 4.90 Å². The molecule has 0 aromatic rings. The number of nitrogens with zero attached hydrogens (tertiary/aromatic N) is 1. The summed E-state index contributed by atoms with van der Waals surface area (Å²) in [4.78, 5) is 3.06. The van der Waals surface area contributed by atoms with E-state index < -0.39 is 13.4 Å². The van der Waals surface area contributed by atoms with Gasteiger partial charge in [-0.05, 0) is 0 Å². The first-order valence-electron chi connectivity index (χ1n) is 5.32. The van der Waals surface area contributed by atoms with Gasteiger partial charge in [0.1, 0.15) is 0 Å². The van der Waals surface area contributed by atoms with Gasteiger partial charge in [0.2, 0.25) is 0 Å². The van der Waals surface area contributed by atoms with E-state index in [9.17, 15) is 12.9 Å². The van der Waals surface area contributed by atoms with Crippen LogP contribution in [0.15, 0.2) is 0 Å². The molecular weight excluding hydrogens is 192 g/mol. The van der Waals surface area contributed by atoms with Gasteiger partial charge in [-0.15, -0.1) is 0 Å². The van der Waals surface area contributed by atoms with Crippen LogP contribution in [0.5, 0.6) is 0 Å². The number of piperidine rings is 1. The maximum Gasteiger partial charge on any atom is 0.531 e. The highest BCUT2D eigenvalue weighted by atomic mass is 19.4. The first kappa shape index (κ1) is 10.3. The van der Waals surface area contributed by atoms with Crippen LogP contribution >= 0.6 is 0 Å². The van der Waals surface area contributed by atoms with Crippen molar-refractivity contribution < 1.29 is 17.8 Å². The highest BCUT2D eigenvalue weighted by Crippen LogP contribution is 2.11. The van der Waals surface area contributed by atoms with E-state index in [0.717, 1.165) is 37.4 Å². The van der Waals surface area contributed by atoms with Gasteiger partial charge in [-0.2, -0.15) is 0 Å². The number of quaternary nitrogens is 1. The summed E-state index contributed by atoms with van der Waals surface area (Å²) in [6, 6.07) is 0.261. The highest BCUT2D eigenvalue weighted by molar-refractivity contribution is 6.58. The monoisotopic (exact) mass is 208 g/mol. The molecule has 1 atom stereocenters. The van der Waals surface area contributed by atoms with E-state index in [0.29, 0.717) is 6.54 Å². The highest BCUT2D eigenvalue weighted by Gasteiger charge is 2.37. The first-order valence-corrected chi connectivity index (χ1v) is 5.32. The third-order valence-electron chi connectivity index (χ3n) is 3.41. The molecule has 2 nitrogen and oxygen atoms in total. The van der Waals surface area contributed by atoms with Gasteiger partial charge in [-0.1, -0.05) is 0 Å². The van der Waals surface area contributed by atoms with Crippen LogP contribution in [0.4, 0.5) is 12.9 Å². The summed E-state index contributed by atoms with van der Waals surface area (Å²) in [6.45, 7) is -1.10. The summed E-state index contributed by atoms with van der Waals surface area (Å²) in [7, 11) is 0. The van der Waals surface area contributed by atoms with Gasteiger partial charge < -0.3 is 17.8 Å². The Morgan fingerprint density at radius 3 is 2.36 bits per heavy atom. The number of nitrogens with one attached hydrogen (secondary N) is 1. The van der Waals surface area contributed by atoms with Gasteiger partial charge >= 0.3 is 6.98 Å². The van der Waals surface area contributed by atoms with Gasteiger partial charge in [-0.3, -0.25) is 4.90 Å². The lowest BCUT2D eigenvalue weighted by atomic mass is 9.89. The Kier molecular flexibility index (Phi) is 2.75. The number of fused-ring (bicyclic) bond motifs is 4. The normalized spacial score (nSPS) is 38.4. The molecule has 3 rings (SSSR count). The predicted octanol–water partition coefficient (Wildman–Crippen LogP) is -0.264. The van der Waals surface area contributed by atoms with E-state index in [-0.39, 0.29) is 6.04 Å². The third kappa shape index (κ3) is 2.42. The quantitative estimate of drug-likeness (QED) is 0.614. The van der Waals surface area contributed by atoms with E-state index >= 15 is 0 Å². The van der Waals surface area contributed by atoms with Gasteiger partial charge in [0.05, 0.1) is 19.0 Å². The molecular formula is C8H16BF3N2. The molecule has 0 saturated carbocycles. The maximum atomic E-state index is 12.3. The predicted molar refractivity (Wildman–Crippen MR) is 49.2 cm³/mol. The van der Waals surface area contributed by atoms with Crippen molar-refractivity contribution in [3.05, 3.63) is 0 Å². The number of rotatable bonds is 2. The SMILES string of the molecule is F[B-](F)(F)C[NH+]1CCN2CCC1CC2. The summed E-state index contributed by atoms with van der Waals surface area (Å²) in [5.74, 6) is 0. The topological polar surface area (TPSA) is 7.68 Å². The fourth-order valence-electron chi connectivity index (χ4n) is 2.64. The fraction of sp³-hybridized carbons (Fsp3) is 1.00. The Balaban J connectivity index is 1.97. The smallest absolute Gasteiger partial charge is 0.445 e. The summed E-state index contributed by atoms with van der Waals surface area (Å²) < 4.78 is 37.0. The van der Waals surface area contributed by atoms with Crippen molar-refractivity contribution in [2.45, 2.75) is 18.9 Å². The van der Waals surface area contributed by atoms with Crippen molar-refractivity contribution >= 4 is 6.98 Å². The standard InChI is InChI=1S/C8H15BF3N2/c10-9(11,12)7-14-6-5-13-3-1-8(14)2-4-13/h8H,1-7H2/q-1/p+1. The van der Waals surface area contributed by atoms with Crippen LogP contribution in [0.1, 0.15) is 12.8 Å². The minimum Gasteiger partial charge on any atom is -0.445 e. The molecule has 3 saturated heterocycles. The molecule has 6 heteroatoms. The lowest BCUT2D eigenvalue weighted by Gasteiger charge is -2.31. The summed E-state index contributed by atoms with van der Waals surface area (Å²) in [6.07, 6.45) is 1.31. The zero-order chi connectivity index (χ0) is 10.2. The fourth-order valence-corrected chi connectivity index (χ4v) is 2.64. The molecule has 3 aliphatic heterocycles. The zero-order valence-electron chi connectivity index (χ0n) is 8.19. The first-order chi connectivity index (χ1) is 6.54. The Hall–Kier alpha value is -0.225. The van der Waals surface area contributed by atoms with Crippen molar-refractivity contribution in [2.75, 3.05) is 32.6 Å². The van der Waals surface area contributed by atoms with Gasteiger partial charge in [-0.25, -0.2) is 0 Å². The largest absolute Gasteiger partial charge is 0.531 e. The van der Waals surface area contributed by atoms with E-state index in [1.807, 2.05) is 0 Å². The molecule has 0 amide bonds. The van der Waals surface area contributed by atoms with Crippen LogP contribution in [-0.4, -0.2) is 50.5 Å². The summed E-state index contributed by atoms with van der Waals surface area (Å²) in [5.41, 5.74) is 0. The number of hydrogen-bond donors (Lipinski definition) is 1. The molecule has 82 valence electrons. The molecule has 14 heavy (non-hydrogen) atoms. The lowest BCUT2D eigenvalue weighted by molar-refractivity contribution is -0.914. The van der Waals surface area contributed by atoms with Crippen molar-refractivity contribution in [3.63, 3.8) is 0 Å². The van der Waals surface area contributed by atoms with Crippen LogP contribution < -0.4 is 4.90 Å². The maximum absolute atomic E-state index is 12.3. The summed E-state index contributed by atoms with van der Waals surface area (Å²) in [5, 5.41) is 0. The Labute approximate surface area is 82.1 Å². The van der Waals surface area contributed by atoms with Gasteiger partial charge in [0.15, 0.2) is 0 Å². The van der Waals surface area contributed by atoms with Gasteiger partial charge in [0.25, 0.3) is 0 Å². The molecule has 0 radical (unpaired) electrons. The second-order valence-corrected chi connectivity index (χ2v) is 4.44. The molecule has 0 aromatic heterocycles. The number of hydrogen-bond acceptors (Lipinski definition) is 1. The average Bonchev–Trinajstić information content (AvgIpc) is 2.37. The molecule has 3 fully saturated rings. The lowest BCUT2D eigenvalue weighted by Crippen LogP contribution is -3.17. The van der Waals surface area contributed by atoms with E-state index in [1.54, 1.807) is 0 Å². The molecule has 3 heterocycles. The Morgan fingerprint density at radius 1 is 1.14 bits per heavy atom. The van der Waals surface area contributed by atoms with Crippen molar-refractivity contribution in [1.82, 2.24) is 4.90 Å². The molecule has 1 unspecified atom stereocenters. The van der Waals surface area contributed by atoms with Crippen LogP contribution in [0.3, 0.4) is 0 Å². The Bertz CT molecular complexity index is 201. The minimum atomic E-state index is -4.62. The average molecular weight is 208 g/mol. The van der Waals surface area contributed by atoms with E-state index in [1.165, 1.54) is 0 Å². The third-order valence-corrected chi connectivity index (χ3v) is 3.41. The van der Waals surface area contributed by atoms with Crippen LogP contribution in [0.25, 0.3) is 0 Å². The second kappa shape index (κ2) is 3.74. The van der Waals surface area contributed by atoms with Gasteiger partial charge in [0, 0.05) is 32.5 Å². The van der Waals surface area contributed by atoms with Crippen molar-refractivity contribution in [1.29, 1.82) is 0 Å². The molecule has 3 aliphatic rings. The molecule has 1 N–H and O–H groups in total. The number of halogens is 3. The minimum absolute atomic E-state index is 0.261. The van der Waals surface area contributed by atoms with Crippen LogP contribution in [0.2, 0.25) is 0 Å². The van der Waals surface area contributed by atoms with Crippen LogP contribution in [-0.2, 0) is 0 Å². The zero-order valence-corrected chi connectivity index (χ0v) is 8.19. The van der Waals surface area contributed by atoms with Crippen molar-refractivity contribution in [3.8, 4) is 0 Å². The molecule has 0 aliphatic carbocycles. The van der Waals surface area contributed by atoms with E-state index in [4.69, 9.17) is 0 Å². The molecule has 2 bridgehead atoms. The second-order valence-electron chi connectivity index (χ2n) is 4.44. The Morgan fingerprint density at radius 2 is 1.79 bits per heavy atom. The van der Waals surface area contributed by atoms with Crippen molar-refractivity contribution in [2.24, 2.45) is 0 Å². The summed E-state index contributed by atoms with van der Waals surface area (Å²) >= 11 is 0. The molecule has 0 aromatic carbocycles. The molecule has 0 spiro atoms.